The van der Waals surface area contributed by atoms with E-state index in [1.54, 1.807) is 0 Å². The minimum Gasteiger partial charge on any atom is -0.374 e. The fourth-order valence-electron chi connectivity index (χ4n) is 1.06. The highest BCUT2D eigenvalue weighted by molar-refractivity contribution is 7.74. The Morgan fingerprint density at radius 3 is 2.62 bits per heavy atom. The molecule has 6 heteroatoms. The van der Waals surface area contributed by atoms with E-state index in [0.29, 0.717) is 6.61 Å². The Labute approximate surface area is 95.9 Å². The lowest BCUT2D eigenvalue weighted by molar-refractivity contribution is 0.0497. The SMILES string of the molecule is O=S(O)OC[C@@H](F)COCc1ccccc1. The molecule has 0 aromatic heterocycles. The van der Waals surface area contributed by atoms with Crippen LogP contribution in [-0.4, -0.2) is 28.1 Å². The molecule has 2 atom stereocenters. The molecule has 90 valence electrons. The van der Waals surface area contributed by atoms with Crippen molar-refractivity contribution in [3.63, 3.8) is 0 Å². The maximum absolute atomic E-state index is 13.0. The molecule has 1 aromatic carbocycles. The Bertz CT molecular complexity index is 320. The van der Waals surface area contributed by atoms with Gasteiger partial charge in [-0.25, -0.2) is 4.39 Å². The zero-order valence-electron chi connectivity index (χ0n) is 8.54. The van der Waals surface area contributed by atoms with Gasteiger partial charge in [-0.3, -0.25) is 8.74 Å². The number of hydrogen-bond acceptors (Lipinski definition) is 3. The number of rotatable bonds is 7. The zero-order valence-corrected chi connectivity index (χ0v) is 9.36. The molecule has 0 saturated carbocycles. The molecule has 0 spiro atoms. The monoisotopic (exact) mass is 248 g/mol. The van der Waals surface area contributed by atoms with Crippen molar-refractivity contribution in [3.05, 3.63) is 35.9 Å². The second-order valence-electron chi connectivity index (χ2n) is 3.10. The molecule has 0 radical (unpaired) electrons. The standard InChI is InChI=1S/C10H13FO4S/c11-10(8-15-16(12)13)7-14-6-9-4-2-1-3-5-9/h1-5,10H,6-8H2,(H,12,13)/t10-/m0/s1. The van der Waals surface area contributed by atoms with Crippen LogP contribution in [0.15, 0.2) is 30.3 Å². The van der Waals surface area contributed by atoms with Gasteiger partial charge in [0.25, 0.3) is 0 Å². The molecule has 0 aliphatic carbocycles. The molecule has 0 saturated heterocycles. The first-order chi connectivity index (χ1) is 7.68. The molecule has 0 fully saturated rings. The number of benzene rings is 1. The van der Waals surface area contributed by atoms with Crippen molar-refractivity contribution in [2.24, 2.45) is 0 Å². The van der Waals surface area contributed by atoms with E-state index in [1.807, 2.05) is 30.3 Å². The summed E-state index contributed by atoms with van der Waals surface area (Å²) in [6, 6.07) is 9.35. The van der Waals surface area contributed by atoms with Gasteiger partial charge in [-0.05, 0) is 5.56 Å². The highest BCUT2D eigenvalue weighted by Gasteiger charge is 2.08. The quantitative estimate of drug-likeness (QED) is 0.746. The largest absolute Gasteiger partial charge is 0.374 e. The van der Waals surface area contributed by atoms with Crippen LogP contribution in [0.1, 0.15) is 5.56 Å². The van der Waals surface area contributed by atoms with Gasteiger partial charge in [-0.1, -0.05) is 30.3 Å². The molecule has 0 aliphatic rings. The van der Waals surface area contributed by atoms with E-state index in [2.05, 4.69) is 4.18 Å². The number of ether oxygens (including phenoxy) is 1. The number of hydrogen-bond donors (Lipinski definition) is 1. The summed E-state index contributed by atoms with van der Waals surface area (Å²) in [5.41, 5.74) is 0.946. The van der Waals surface area contributed by atoms with Gasteiger partial charge in [-0.15, -0.1) is 0 Å². The Kier molecular flexibility index (Phi) is 6.17. The summed E-state index contributed by atoms with van der Waals surface area (Å²) in [6.45, 7) is -0.298. The van der Waals surface area contributed by atoms with Gasteiger partial charge in [0.05, 0.1) is 19.8 Å². The molecular formula is C10H13FO4S. The van der Waals surface area contributed by atoms with Crippen LogP contribution in [-0.2, 0) is 26.9 Å². The normalized spacial score (nSPS) is 14.6. The van der Waals surface area contributed by atoms with Crippen LogP contribution in [0.25, 0.3) is 0 Å². The third-order valence-corrected chi connectivity index (χ3v) is 2.10. The van der Waals surface area contributed by atoms with E-state index < -0.39 is 24.1 Å². The molecule has 16 heavy (non-hydrogen) atoms. The third-order valence-electron chi connectivity index (χ3n) is 1.76. The van der Waals surface area contributed by atoms with Crippen LogP contribution in [0, 0.1) is 0 Å². The van der Waals surface area contributed by atoms with Crippen molar-refractivity contribution < 1.29 is 22.1 Å². The molecule has 1 unspecified atom stereocenters. The minimum absolute atomic E-state index is 0.161. The smallest absolute Gasteiger partial charge is 0.301 e. The minimum atomic E-state index is -2.42. The van der Waals surface area contributed by atoms with E-state index >= 15 is 0 Å². The lowest BCUT2D eigenvalue weighted by atomic mass is 10.2. The molecule has 0 aliphatic heterocycles. The highest BCUT2D eigenvalue weighted by Crippen LogP contribution is 2.02. The van der Waals surface area contributed by atoms with Crippen LogP contribution in [0.4, 0.5) is 4.39 Å². The summed E-state index contributed by atoms with van der Waals surface area (Å²) in [5, 5.41) is 0. The second-order valence-corrected chi connectivity index (χ2v) is 3.77. The van der Waals surface area contributed by atoms with Gasteiger partial charge in [0.1, 0.15) is 6.17 Å². The predicted octanol–water partition coefficient (Wildman–Crippen LogP) is 1.69. The molecule has 1 rings (SSSR count). The van der Waals surface area contributed by atoms with Crippen molar-refractivity contribution in [2.75, 3.05) is 13.2 Å². The fourth-order valence-corrected chi connectivity index (χ4v) is 1.32. The maximum atomic E-state index is 13.0. The first kappa shape index (κ1) is 13.2. The first-order valence-electron chi connectivity index (χ1n) is 4.68. The van der Waals surface area contributed by atoms with Gasteiger partial charge < -0.3 is 4.74 Å². The molecular weight excluding hydrogens is 235 g/mol. The zero-order chi connectivity index (χ0) is 11.8. The van der Waals surface area contributed by atoms with Gasteiger partial charge in [0, 0.05) is 0 Å². The summed E-state index contributed by atoms with van der Waals surface area (Å²) in [7, 11) is 0. The third kappa shape index (κ3) is 5.92. The van der Waals surface area contributed by atoms with E-state index in [1.165, 1.54) is 0 Å². The van der Waals surface area contributed by atoms with E-state index in [9.17, 15) is 8.60 Å². The number of alkyl halides is 1. The van der Waals surface area contributed by atoms with E-state index in [-0.39, 0.29) is 6.61 Å². The van der Waals surface area contributed by atoms with Crippen LogP contribution in [0.5, 0.6) is 0 Å². The van der Waals surface area contributed by atoms with Crippen molar-refractivity contribution >= 4 is 11.4 Å². The van der Waals surface area contributed by atoms with Gasteiger partial charge in [-0.2, -0.15) is 4.21 Å². The van der Waals surface area contributed by atoms with Crippen LogP contribution in [0.2, 0.25) is 0 Å². The lowest BCUT2D eigenvalue weighted by Crippen LogP contribution is -2.17. The molecule has 1 N–H and O–H groups in total. The summed E-state index contributed by atoms with van der Waals surface area (Å²) >= 11 is -2.42. The van der Waals surface area contributed by atoms with Crippen LogP contribution >= 0.6 is 0 Å². The Balaban J connectivity index is 2.13. The highest BCUT2D eigenvalue weighted by atomic mass is 32.2. The summed E-state index contributed by atoms with van der Waals surface area (Å²) in [6.07, 6.45) is -1.40. The van der Waals surface area contributed by atoms with Crippen LogP contribution in [0.3, 0.4) is 0 Å². The van der Waals surface area contributed by atoms with Crippen molar-refractivity contribution in [1.82, 2.24) is 0 Å². The second kappa shape index (κ2) is 7.45. The average Bonchev–Trinajstić information content (AvgIpc) is 2.28. The Hall–Kier alpha value is -0.820. The van der Waals surface area contributed by atoms with Crippen molar-refractivity contribution in [3.8, 4) is 0 Å². The van der Waals surface area contributed by atoms with Gasteiger partial charge in [0.2, 0.25) is 0 Å². The lowest BCUT2D eigenvalue weighted by Gasteiger charge is -2.08. The molecule has 0 heterocycles. The average molecular weight is 248 g/mol. The summed E-state index contributed by atoms with van der Waals surface area (Å²) in [5.74, 6) is 0. The van der Waals surface area contributed by atoms with Gasteiger partial charge in [0.15, 0.2) is 0 Å². The summed E-state index contributed by atoms with van der Waals surface area (Å²) < 4.78 is 40.6. The van der Waals surface area contributed by atoms with Crippen molar-refractivity contribution in [1.29, 1.82) is 0 Å². The Morgan fingerprint density at radius 2 is 2.00 bits per heavy atom. The Morgan fingerprint density at radius 1 is 1.31 bits per heavy atom. The first-order valence-corrected chi connectivity index (χ1v) is 5.71. The van der Waals surface area contributed by atoms with Crippen molar-refractivity contribution in [2.45, 2.75) is 12.8 Å². The molecule has 4 nitrogen and oxygen atoms in total. The maximum Gasteiger partial charge on any atom is 0.301 e. The summed E-state index contributed by atoms with van der Waals surface area (Å²) in [4.78, 5) is 0. The topological polar surface area (TPSA) is 55.8 Å². The fraction of sp³-hybridized carbons (Fsp3) is 0.400. The molecule has 0 bridgehead atoms. The molecule has 1 aromatic rings. The van der Waals surface area contributed by atoms with E-state index in [0.717, 1.165) is 5.56 Å². The van der Waals surface area contributed by atoms with Crippen LogP contribution < -0.4 is 0 Å². The number of halogens is 1. The van der Waals surface area contributed by atoms with Gasteiger partial charge >= 0.3 is 11.4 Å². The van der Waals surface area contributed by atoms with E-state index in [4.69, 9.17) is 9.29 Å². The predicted molar refractivity (Wildman–Crippen MR) is 57.7 cm³/mol. The molecule has 0 amide bonds.